The Labute approximate surface area is 139 Å². The molecule has 0 spiro atoms. The van der Waals surface area contributed by atoms with Crippen molar-refractivity contribution in [3.8, 4) is 5.75 Å². The number of nitrogens with zero attached hydrogens (tertiary/aromatic N) is 1. The van der Waals surface area contributed by atoms with Crippen molar-refractivity contribution < 1.29 is 24.2 Å². The SMILES string of the molecule is CC1Oc2ccccc2N(CCC(=O)NC2(C(=O)O)CCC2)C1=O. The van der Waals surface area contributed by atoms with Gasteiger partial charge in [0.2, 0.25) is 5.91 Å². The number of benzene rings is 1. The van der Waals surface area contributed by atoms with Crippen molar-refractivity contribution in [2.24, 2.45) is 0 Å². The van der Waals surface area contributed by atoms with Crippen LogP contribution in [0.4, 0.5) is 5.69 Å². The van der Waals surface area contributed by atoms with Gasteiger partial charge in [-0.1, -0.05) is 12.1 Å². The van der Waals surface area contributed by atoms with Crippen LogP contribution in [0.2, 0.25) is 0 Å². The molecule has 1 fully saturated rings. The molecule has 2 amide bonds. The molecule has 0 radical (unpaired) electrons. The molecule has 2 N–H and O–H groups in total. The summed E-state index contributed by atoms with van der Waals surface area (Å²) in [6.45, 7) is 1.85. The molecule has 1 saturated carbocycles. The van der Waals surface area contributed by atoms with E-state index in [1.54, 1.807) is 25.1 Å². The third kappa shape index (κ3) is 2.81. The Morgan fingerprint density at radius 3 is 2.71 bits per heavy atom. The summed E-state index contributed by atoms with van der Waals surface area (Å²) in [5.74, 6) is -0.964. The van der Waals surface area contributed by atoms with Crippen molar-refractivity contribution in [3.05, 3.63) is 24.3 Å². The fourth-order valence-electron chi connectivity index (χ4n) is 3.05. The molecule has 3 rings (SSSR count). The molecule has 128 valence electrons. The van der Waals surface area contributed by atoms with Crippen LogP contribution in [0, 0.1) is 0 Å². The van der Waals surface area contributed by atoms with E-state index in [-0.39, 0.29) is 24.8 Å². The Morgan fingerprint density at radius 2 is 2.08 bits per heavy atom. The summed E-state index contributed by atoms with van der Waals surface area (Å²) < 4.78 is 5.55. The predicted molar refractivity (Wildman–Crippen MR) is 85.9 cm³/mol. The first kappa shape index (κ1) is 16.3. The van der Waals surface area contributed by atoms with Crippen LogP contribution in [0.1, 0.15) is 32.6 Å². The van der Waals surface area contributed by atoms with Crippen LogP contribution in [0.25, 0.3) is 0 Å². The van der Waals surface area contributed by atoms with Gasteiger partial charge in [0.1, 0.15) is 11.3 Å². The van der Waals surface area contributed by atoms with Crippen LogP contribution < -0.4 is 15.0 Å². The molecule has 1 atom stereocenters. The molecule has 0 aromatic heterocycles. The second-order valence-corrected chi connectivity index (χ2v) is 6.26. The molecule has 1 aliphatic heterocycles. The number of ether oxygens (including phenoxy) is 1. The smallest absolute Gasteiger partial charge is 0.329 e. The highest BCUT2D eigenvalue weighted by molar-refractivity contribution is 6.00. The van der Waals surface area contributed by atoms with Gasteiger partial charge in [0, 0.05) is 13.0 Å². The Balaban J connectivity index is 1.66. The van der Waals surface area contributed by atoms with E-state index in [0.29, 0.717) is 24.3 Å². The number of amides is 2. The molecule has 0 bridgehead atoms. The van der Waals surface area contributed by atoms with E-state index in [9.17, 15) is 19.5 Å². The number of fused-ring (bicyclic) bond motifs is 1. The molecule has 7 heteroatoms. The van der Waals surface area contributed by atoms with E-state index in [1.807, 2.05) is 6.07 Å². The van der Waals surface area contributed by atoms with Crippen molar-refractivity contribution in [1.29, 1.82) is 0 Å². The molecular formula is C17H20N2O5. The summed E-state index contributed by atoms with van der Waals surface area (Å²) >= 11 is 0. The number of carboxylic acids is 1. The molecule has 7 nitrogen and oxygen atoms in total. The fraction of sp³-hybridized carbons (Fsp3) is 0.471. The van der Waals surface area contributed by atoms with Crippen LogP contribution >= 0.6 is 0 Å². The van der Waals surface area contributed by atoms with Crippen LogP contribution in [-0.2, 0) is 14.4 Å². The lowest BCUT2D eigenvalue weighted by molar-refractivity contribution is -0.151. The minimum Gasteiger partial charge on any atom is -0.480 e. The zero-order valence-corrected chi connectivity index (χ0v) is 13.4. The lowest BCUT2D eigenvalue weighted by Gasteiger charge is -2.38. The monoisotopic (exact) mass is 332 g/mol. The average Bonchev–Trinajstić information content (AvgIpc) is 2.51. The molecule has 24 heavy (non-hydrogen) atoms. The van der Waals surface area contributed by atoms with Crippen molar-refractivity contribution in [2.45, 2.75) is 44.2 Å². The van der Waals surface area contributed by atoms with E-state index in [4.69, 9.17) is 4.74 Å². The first-order valence-electron chi connectivity index (χ1n) is 8.04. The summed E-state index contributed by atoms with van der Waals surface area (Å²) in [5.41, 5.74) is -0.498. The molecule has 1 heterocycles. The largest absolute Gasteiger partial charge is 0.480 e. The van der Waals surface area contributed by atoms with E-state index >= 15 is 0 Å². The van der Waals surface area contributed by atoms with Crippen molar-refractivity contribution in [1.82, 2.24) is 5.32 Å². The maximum atomic E-state index is 12.3. The fourth-order valence-corrected chi connectivity index (χ4v) is 3.05. The number of para-hydroxylation sites is 2. The van der Waals surface area contributed by atoms with E-state index in [1.165, 1.54) is 4.90 Å². The first-order chi connectivity index (χ1) is 11.4. The minimum atomic E-state index is -1.13. The average molecular weight is 332 g/mol. The zero-order chi connectivity index (χ0) is 17.3. The third-order valence-electron chi connectivity index (χ3n) is 4.63. The Hall–Kier alpha value is -2.57. The molecule has 1 aliphatic carbocycles. The Morgan fingerprint density at radius 1 is 1.38 bits per heavy atom. The highest BCUT2D eigenvalue weighted by Gasteiger charge is 2.45. The number of carbonyl (C=O) groups excluding carboxylic acids is 2. The Bertz CT molecular complexity index is 683. The van der Waals surface area contributed by atoms with E-state index in [2.05, 4.69) is 5.32 Å². The van der Waals surface area contributed by atoms with Crippen molar-refractivity contribution in [2.75, 3.05) is 11.4 Å². The van der Waals surface area contributed by atoms with Gasteiger partial charge in [-0.3, -0.25) is 9.59 Å². The van der Waals surface area contributed by atoms with Gasteiger partial charge < -0.3 is 20.1 Å². The second kappa shape index (κ2) is 6.14. The predicted octanol–water partition coefficient (Wildman–Crippen LogP) is 1.31. The highest BCUT2D eigenvalue weighted by atomic mass is 16.5. The number of carboxylic acid groups (broad SMARTS) is 1. The number of carbonyl (C=O) groups is 3. The van der Waals surface area contributed by atoms with Gasteiger partial charge in [-0.2, -0.15) is 0 Å². The molecule has 0 saturated heterocycles. The Kier molecular flexibility index (Phi) is 4.17. The summed E-state index contributed by atoms with van der Waals surface area (Å²) in [6, 6.07) is 7.16. The maximum Gasteiger partial charge on any atom is 0.329 e. The van der Waals surface area contributed by atoms with Crippen LogP contribution in [0.3, 0.4) is 0 Å². The lowest BCUT2D eigenvalue weighted by atomic mass is 9.76. The van der Waals surface area contributed by atoms with Gasteiger partial charge >= 0.3 is 5.97 Å². The van der Waals surface area contributed by atoms with Crippen LogP contribution in [0.5, 0.6) is 5.75 Å². The van der Waals surface area contributed by atoms with Crippen LogP contribution in [0.15, 0.2) is 24.3 Å². The van der Waals surface area contributed by atoms with Gasteiger partial charge in [0.05, 0.1) is 5.69 Å². The van der Waals surface area contributed by atoms with Gasteiger partial charge in [-0.25, -0.2) is 4.79 Å². The third-order valence-corrected chi connectivity index (χ3v) is 4.63. The number of hydrogen-bond donors (Lipinski definition) is 2. The second-order valence-electron chi connectivity index (χ2n) is 6.26. The first-order valence-corrected chi connectivity index (χ1v) is 8.04. The number of nitrogens with one attached hydrogen (secondary N) is 1. The highest BCUT2D eigenvalue weighted by Crippen LogP contribution is 2.34. The van der Waals surface area contributed by atoms with Gasteiger partial charge in [-0.05, 0) is 38.3 Å². The molecule has 1 unspecified atom stereocenters. The maximum absolute atomic E-state index is 12.3. The van der Waals surface area contributed by atoms with E-state index in [0.717, 1.165) is 6.42 Å². The number of rotatable bonds is 5. The number of aliphatic carboxylic acids is 1. The van der Waals surface area contributed by atoms with Gasteiger partial charge in [-0.15, -0.1) is 0 Å². The summed E-state index contributed by atoms with van der Waals surface area (Å²) in [5, 5.41) is 11.9. The summed E-state index contributed by atoms with van der Waals surface area (Å²) in [6.07, 6.45) is 1.12. The van der Waals surface area contributed by atoms with Crippen LogP contribution in [-0.4, -0.2) is 41.1 Å². The molecular weight excluding hydrogens is 312 g/mol. The molecule has 2 aliphatic rings. The molecule has 1 aromatic rings. The van der Waals surface area contributed by atoms with Gasteiger partial charge in [0.15, 0.2) is 6.10 Å². The lowest BCUT2D eigenvalue weighted by Crippen LogP contribution is -2.59. The number of hydrogen-bond acceptors (Lipinski definition) is 4. The minimum absolute atomic E-state index is 0.0435. The normalized spacial score (nSPS) is 21.3. The van der Waals surface area contributed by atoms with Crippen molar-refractivity contribution >= 4 is 23.5 Å². The topological polar surface area (TPSA) is 95.9 Å². The zero-order valence-electron chi connectivity index (χ0n) is 13.4. The quantitative estimate of drug-likeness (QED) is 0.848. The van der Waals surface area contributed by atoms with Gasteiger partial charge in [0.25, 0.3) is 5.91 Å². The van der Waals surface area contributed by atoms with E-state index < -0.39 is 17.6 Å². The summed E-state index contributed by atoms with van der Waals surface area (Å²) in [7, 11) is 0. The number of anilines is 1. The standard InChI is InChI=1S/C17H20N2O5/c1-11-15(21)19(12-5-2-3-6-13(12)24-11)10-7-14(20)18-17(16(22)23)8-4-9-17/h2-3,5-6,11H,4,7-10H2,1H3,(H,18,20)(H,22,23). The molecule has 1 aromatic carbocycles. The summed E-state index contributed by atoms with van der Waals surface area (Å²) in [4.78, 5) is 37.3. The van der Waals surface area contributed by atoms with Crippen molar-refractivity contribution in [3.63, 3.8) is 0 Å².